The van der Waals surface area contributed by atoms with Crippen molar-refractivity contribution in [3.05, 3.63) is 12.2 Å². The van der Waals surface area contributed by atoms with Crippen molar-refractivity contribution in [3.63, 3.8) is 0 Å². The zero-order chi connectivity index (χ0) is 12.7. The summed E-state index contributed by atoms with van der Waals surface area (Å²) in [5, 5.41) is 4.11. The molecule has 5 nitrogen and oxygen atoms in total. The summed E-state index contributed by atoms with van der Waals surface area (Å²) in [5.74, 6) is 1.27. The molecule has 0 saturated carbocycles. The summed E-state index contributed by atoms with van der Waals surface area (Å²) in [6.07, 6.45) is 4.37. The Morgan fingerprint density at radius 3 is 2.88 bits per heavy atom. The molecule has 17 heavy (non-hydrogen) atoms. The Hall–Kier alpha value is -1.23. The lowest BCUT2D eigenvalue weighted by Gasteiger charge is -2.10. The number of hydrogen-bond donors (Lipinski definition) is 1. The van der Waals surface area contributed by atoms with E-state index >= 15 is 0 Å². The van der Waals surface area contributed by atoms with Crippen LogP contribution in [0.2, 0.25) is 0 Å². The van der Waals surface area contributed by atoms with Gasteiger partial charge >= 0.3 is 0 Å². The van der Waals surface area contributed by atoms with E-state index in [0.29, 0.717) is 25.3 Å². The molecule has 0 aromatic carbocycles. The van der Waals surface area contributed by atoms with E-state index in [4.69, 9.17) is 5.73 Å². The summed E-state index contributed by atoms with van der Waals surface area (Å²) in [5.41, 5.74) is 5.60. The molecule has 0 aliphatic carbocycles. The minimum atomic E-state index is 0.202. The standard InChI is InChI=1S/C12H22N4O/c1-3-5-16-12(14-9-15-16)7-11(17)6-10(4-2)8-13/h9-10H,3-8,13H2,1-2H3. The predicted molar refractivity (Wildman–Crippen MR) is 66.5 cm³/mol. The highest BCUT2D eigenvalue weighted by molar-refractivity contribution is 5.80. The summed E-state index contributed by atoms with van der Waals surface area (Å²) in [6, 6.07) is 0. The lowest BCUT2D eigenvalue weighted by molar-refractivity contribution is -0.119. The first kappa shape index (κ1) is 13.8. The highest BCUT2D eigenvalue weighted by atomic mass is 16.1. The predicted octanol–water partition coefficient (Wildman–Crippen LogP) is 1.17. The van der Waals surface area contributed by atoms with Gasteiger partial charge in [0, 0.05) is 13.0 Å². The van der Waals surface area contributed by atoms with Gasteiger partial charge in [0.1, 0.15) is 17.9 Å². The van der Waals surface area contributed by atoms with E-state index in [1.807, 2.05) is 0 Å². The fourth-order valence-corrected chi connectivity index (χ4v) is 1.79. The Labute approximate surface area is 102 Å². The largest absolute Gasteiger partial charge is 0.330 e. The number of rotatable bonds is 8. The van der Waals surface area contributed by atoms with Gasteiger partial charge in [-0.1, -0.05) is 20.3 Å². The van der Waals surface area contributed by atoms with E-state index in [9.17, 15) is 4.79 Å². The van der Waals surface area contributed by atoms with E-state index in [1.54, 1.807) is 4.68 Å². The van der Waals surface area contributed by atoms with Crippen molar-refractivity contribution in [1.29, 1.82) is 0 Å². The molecule has 0 amide bonds. The average molecular weight is 238 g/mol. The van der Waals surface area contributed by atoms with Crippen LogP contribution in [0, 0.1) is 5.92 Å². The van der Waals surface area contributed by atoms with E-state index in [1.165, 1.54) is 6.33 Å². The van der Waals surface area contributed by atoms with Gasteiger partial charge in [0.25, 0.3) is 0 Å². The maximum atomic E-state index is 11.9. The molecule has 1 rings (SSSR count). The molecule has 0 aliphatic rings. The molecule has 5 heteroatoms. The highest BCUT2D eigenvalue weighted by Crippen LogP contribution is 2.09. The minimum absolute atomic E-state index is 0.202. The second kappa shape index (κ2) is 7.17. The molecule has 1 unspecified atom stereocenters. The smallest absolute Gasteiger partial charge is 0.140 e. The van der Waals surface area contributed by atoms with Crippen LogP contribution in [0.4, 0.5) is 0 Å². The van der Waals surface area contributed by atoms with Gasteiger partial charge in [-0.3, -0.25) is 4.79 Å². The Bertz CT molecular complexity index is 344. The van der Waals surface area contributed by atoms with Crippen molar-refractivity contribution in [3.8, 4) is 0 Å². The number of hydrogen-bond acceptors (Lipinski definition) is 4. The number of carbonyl (C=O) groups is 1. The fraction of sp³-hybridized carbons (Fsp3) is 0.750. The van der Waals surface area contributed by atoms with Crippen LogP contribution in [-0.2, 0) is 17.8 Å². The monoisotopic (exact) mass is 238 g/mol. The van der Waals surface area contributed by atoms with E-state index in [0.717, 1.165) is 25.2 Å². The number of aromatic nitrogens is 3. The van der Waals surface area contributed by atoms with Gasteiger partial charge in [-0.2, -0.15) is 5.10 Å². The van der Waals surface area contributed by atoms with Crippen LogP contribution in [0.3, 0.4) is 0 Å². The van der Waals surface area contributed by atoms with Crippen LogP contribution in [-0.4, -0.2) is 27.1 Å². The van der Waals surface area contributed by atoms with Gasteiger partial charge in [0.2, 0.25) is 0 Å². The number of nitrogens with two attached hydrogens (primary N) is 1. The SMILES string of the molecule is CCCn1ncnc1CC(=O)CC(CC)CN. The first-order valence-electron chi connectivity index (χ1n) is 6.29. The van der Waals surface area contributed by atoms with Crippen LogP contribution in [0.1, 0.15) is 38.9 Å². The van der Waals surface area contributed by atoms with Crippen LogP contribution < -0.4 is 5.73 Å². The molecule has 1 aromatic rings. The van der Waals surface area contributed by atoms with E-state index in [-0.39, 0.29) is 5.78 Å². The zero-order valence-corrected chi connectivity index (χ0v) is 10.7. The van der Waals surface area contributed by atoms with E-state index in [2.05, 4.69) is 23.9 Å². The maximum Gasteiger partial charge on any atom is 0.140 e. The van der Waals surface area contributed by atoms with E-state index < -0.39 is 0 Å². The number of ketones is 1. The molecule has 0 fully saturated rings. The molecule has 0 aliphatic heterocycles. The third-order valence-electron chi connectivity index (χ3n) is 2.91. The third kappa shape index (κ3) is 4.26. The van der Waals surface area contributed by atoms with Crippen molar-refractivity contribution in [2.24, 2.45) is 11.7 Å². The molecule has 1 heterocycles. The summed E-state index contributed by atoms with van der Waals surface area (Å²) < 4.78 is 1.81. The first-order chi connectivity index (χ1) is 8.21. The number of nitrogens with zero attached hydrogens (tertiary/aromatic N) is 3. The molecule has 0 spiro atoms. The van der Waals surface area contributed by atoms with Crippen molar-refractivity contribution in [2.45, 2.75) is 46.1 Å². The molecule has 96 valence electrons. The summed E-state index contributed by atoms with van der Waals surface area (Å²) in [6.45, 7) is 5.53. The van der Waals surface area contributed by atoms with Gasteiger partial charge < -0.3 is 5.73 Å². The Balaban J connectivity index is 2.52. The lowest BCUT2D eigenvalue weighted by atomic mass is 9.98. The highest BCUT2D eigenvalue weighted by Gasteiger charge is 2.14. The number of Topliss-reactive ketones (excluding diaryl/α,β-unsaturated/α-hetero) is 1. The molecule has 2 N–H and O–H groups in total. The van der Waals surface area contributed by atoms with Gasteiger partial charge in [0.15, 0.2) is 0 Å². The van der Waals surface area contributed by atoms with Crippen molar-refractivity contribution in [1.82, 2.24) is 14.8 Å². The number of carbonyl (C=O) groups excluding carboxylic acids is 1. The van der Waals surface area contributed by atoms with Crippen molar-refractivity contribution >= 4 is 5.78 Å². The van der Waals surface area contributed by atoms with Crippen LogP contribution in [0.15, 0.2) is 6.33 Å². The summed E-state index contributed by atoms with van der Waals surface area (Å²) in [7, 11) is 0. The van der Waals surface area contributed by atoms with Gasteiger partial charge in [-0.05, 0) is 18.9 Å². The second-order valence-electron chi connectivity index (χ2n) is 4.33. The second-order valence-corrected chi connectivity index (χ2v) is 4.33. The summed E-state index contributed by atoms with van der Waals surface area (Å²) >= 11 is 0. The Morgan fingerprint density at radius 1 is 1.53 bits per heavy atom. The third-order valence-corrected chi connectivity index (χ3v) is 2.91. The molecule has 1 atom stereocenters. The quantitative estimate of drug-likeness (QED) is 0.738. The molecule has 1 aromatic heterocycles. The average Bonchev–Trinajstić information content (AvgIpc) is 2.74. The van der Waals surface area contributed by atoms with Gasteiger partial charge in [0.05, 0.1) is 6.42 Å². The molecule has 0 saturated heterocycles. The van der Waals surface area contributed by atoms with Gasteiger partial charge in [-0.15, -0.1) is 0 Å². The summed E-state index contributed by atoms with van der Waals surface area (Å²) in [4.78, 5) is 16.0. The van der Waals surface area contributed by atoms with Crippen LogP contribution in [0.25, 0.3) is 0 Å². The van der Waals surface area contributed by atoms with Crippen molar-refractivity contribution in [2.75, 3.05) is 6.54 Å². The lowest BCUT2D eigenvalue weighted by Crippen LogP contribution is -2.19. The first-order valence-corrected chi connectivity index (χ1v) is 6.29. The molecule has 0 bridgehead atoms. The Kier molecular flexibility index (Phi) is 5.83. The van der Waals surface area contributed by atoms with Crippen LogP contribution in [0.5, 0.6) is 0 Å². The van der Waals surface area contributed by atoms with Crippen molar-refractivity contribution < 1.29 is 4.79 Å². The number of aryl methyl sites for hydroxylation is 1. The fourth-order valence-electron chi connectivity index (χ4n) is 1.79. The molecular formula is C12H22N4O. The maximum absolute atomic E-state index is 11.9. The molecular weight excluding hydrogens is 216 g/mol. The normalized spacial score (nSPS) is 12.6. The minimum Gasteiger partial charge on any atom is -0.330 e. The topological polar surface area (TPSA) is 73.8 Å². The molecule has 0 radical (unpaired) electrons. The van der Waals surface area contributed by atoms with Gasteiger partial charge in [-0.25, -0.2) is 9.67 Å². The van der Waals surface area contributed by atoms with Crippen LogP contribution >= 0.6 is 0 Å². The Morgan fingerprint density at radius 2 is 2.29 bits per heavy atom. The zero-order valence-electron chi connectivity index (χ0n) is 10.7.